The highest BCUT2D eigenvalue weighted by molar-refractivity contribution is 9.11. The molecule has 0 radical (unpaired) electrons. The van der Waals surface area contributed by atoms with Crippen LogP contribution < -0.4 is 5.32 Å². The number of hydrogen-bond donors (Lipinski definition) is 2. The van der Waals surface area contributed by atoms with Gasteiger partial charge in [0.2, 0.25) is 0 Å². The number of phenols is 1. The van der Waals surface area contributed by atoms with Crippen molar-refractivity contribution in [2.24, 2.45) is 0 Å². The molecule has 0 spiro atoms. The fraction of sp³-hybridized carbons (Fsp3) is 0. The predicted octanol–water partition coefficient (Wildman–Crippen LogP) is 3.26. The maximum Gasteiger partial charge on any atom is 0.145 e. The van der Waals surface area contributed by atoms with E-state index in [1.54, 1.807) is 24.3 Å². The Morgan fingerprint density at radius 1 is 1.25 bits per heavy atom. The number of allylic oxidation sites excluding steroid dienone is 1. The van der Waals surface area contributed by atoms with Crippen LogP contribution in [0.15, 0.2) is 32.9 Å². The molecular weight excluding hydrogens is 338 g/mol. The second-order valence-corrected chi connectivity index (χ2v) is 4.42. The number of rotatable bonds is 2. The van der Waals surface area contributed by atoms with Gasteiger partial charge in [0.05, 0.1) is 8.95 Å². The van der Waals surface area contributed by atoms with Crippen LogP contribution in [0.3, 0.4) is 0 Å². The summed E-state index contributed by atoms with van der Waals surface area (Å²) in [5, 5.41) is 29.3. The quantitative estimate of drug-likeness (QED) is 0.638. The molecule has 0 saturated carbocycles. The Kier molecular flexibility index (Phi) is 4.36. The number of aromatic hydroxyl groups is 1. The number of benzene rings is 1. The minimum Gasteiger partial charge on any atom is -0.506 e. The summed E-state index contributed by atoms with van der Waals surface area (Å²) in [6.45, 7) is 0. The molecule has 0 unspecified atom stereocenters. The van der Waals surface area contributed by atoms with E-state index in [-0.39, 0.29) is 11.3 Å². The van der Waals surface area contributed by atoms with E-state index in [9.17, 15) is 5.11 Å². The van der Waals surface area contributed by atoms with Gasteiger partial charge in [0, 0.05) is 11.9 Å². The van der Waals surface area contributed by atoms with E-state index in [2.05, 4.69) is 37.2 Å². The minimum atomic E-state index is -0.0275. The Morgan fingerprint density at radius 2 is 1.75 bits per heavy atom. The van der Waals surface area contributed by atoms with Gasteiger partial charge in [-0.15, -0.1) is 0 Å². The molecule has 1 rings (SSSR count). The van der Waals surface area contributed by atoms with Crippen molar-refractivity contribution in [3.05, 3.63) is 32.9 Å². The molecule has 0 fully saturated rings. The van der Waals surface area contributed by atoms with Gasteiger partial charge in [-0.25, -0.2) is 0 Å². The molecule has 16 heavy (non-hydrogen) atoms. The standard InChI is InChI=1S/C10H5Br2N3O/c11-8-1-7(2-9(12)10(8)16)15-5-6(3-13)4-14/h1-2,5,15-16H. The van der Waals surface area contributed by atoms with Crippen molar-refractivity contribution in [3.63, 3.8) is 0 Å². The number of nitriles is 2. The number of anilines is 1. The van der Waals surface area contributed by atoms with Crippen LogP contribution in [-0.4, -0.2) is 5.11 Å². The number of halogens is 2. The Bertz CT molecular complexity index is 487. The average molecular weight is 343 g/mol. The molecular formula is C10H5Br2N3O. The van der Waals surface area contributed by atoms with Gasteiger partial charge in [0.1, 0.15) is 23.5 Å². The predicted molar refractivity (Wildman–Crippen MR) is 66.4 cm³/mol. The fourth-order valence-electron chi connectivity index (χ4n) is 0.894. The molecule has 1 aromatic carbocycles. The summed E-state index contributed by atoms with van der Waals surface area (Å²) in [6, 6.07) is 6.71. The average Bonchev–Trinajstić information content (AvgIpc) is 2.27. The lowest BCUT2D eigenvalue weighted by Crippen LogP contribution is -1.90. The lowest BCUT2D eigenvalue weighted by molar-refractivity contribution is 0.468. The number of hydrogen-bond acceptors (Lipinski definition) is 4. The molecule has 0 amide bonds. The van der Waals surface area contributed by atoms with E-state index in [4.69, 9.17) is 10.5 Å². The first-order valence-corrected chi connectivity index (χ1v) is 5.62. The summed E-state index contributed by atoms with van der Waals surface area (Å²) in [4.78, 5) is 0. The van der Waals surface area contributed by atoms with Gasteiger partial charge >= 0.3 is 0 Å². The third kappa shape index (κ3) is 2.99. The van der Waals surface area contributed by atoms with Crippen molar-refractivity contribution in [2.75, 3.05) is 5.32 Å². The molecule has 6 heteroatoms. The normalized spacial score (nSPS) is 8.75. The van der Waals surface area contributed by atoms with Crippen LogP contribution in [0, 0.1) is 22.7 Å². The highest BCUT2D eigenvalue weighted by Gasteiger charge is 2.05. The molecule has 0 aliphatic carbocycles. The highest BCUT2D eigenvalue weighted by atomic mass is 79.9. The first kappa shape index (κ1) is 12.6. The lowest BCUT2D eigenvalue weighted by atomic mass is 10.3. The summed E-state index contributed by atoms with van der Waals surface area (Å²) in [5.41, 5.74) is 0.611. The Hall–Kier alpha value is -1.50. The van der Waals surface area contributed by atoms with Crippen LogP contribution in [0.25, 0.3) is 0 Å². The van der Waals surface area contributed by atoms with Crippen molar-refractivity contribution in [3.8, 4) is 17.9 Å². The van der Waals surface area contributed by atoms with E-state index in [0.29, 0.717) is 14.6 Å². The molecule has 80 valence electrons. The Labute approximate surface area is 109 Å². The van der Waals surface area contributed by atoms with E-state index in [1.807, 2.05) is 0 Å². The van der Waals surface area contributed by atoms with Crippen molar-refractivity contribution < 1.29 is 5.11 Å². The Morgan fingerprint density at radius 3 is 2.19 bits per heavy atom. The maximum absolute atomic E-state index is 9.46. The highest BCUT2D eigenvalue weighted by Crippen LogP contribution is 2.35. The molecule has 0 atom stereocenters. The van der Waals surface area contributed by atoms with Crippen LogP contribution in [-0.2, 0) is 0 Å². The summed E-state index contributed by atoms with van der Waals surface area (Å²) < 4.78 is 1.02. The van der Waals surface area contributed by atoms with Gasteiger partial charge in [-0.1, -0.05) is 0 Å². The lowest BCUT2D eigenvalue weighted by Gasteiger charge is -2.05. The van der Waals surface area contributed by atoms with Crippen molar-refractivity contribution in [2.45, 2.75) is 0 Å². The van der Waals surface area contributed by atoms with E-state index in [1.165, 1.54) is 6.20 Å². The number of nitrogens with zero attached hydrogens (tertiary/aromatic N) is 2. The molecule has 0 saturated heterocycles. The van der Waals surface area contributed by atoms with Crippen LogP contribution in [0.1, 0.15) is 0 Å². The first-order chi connectivity index (χ1) is 7.58. The molecule has 0 aliphatic heterocycles. The summed E-state index contributed by atoms with van der Waals surface area (Å²) in [7, 11) is 0. The number of nitrogens with one attached hydrogen (secondary N) is 1. The molecule has 1 aromatic rings. The van der Waals surface area contributed by atoms with Gasteiger partial charge in [-0.05, 0) is 44.0 Å². The zero-order valence-corrected chi connectivity index (χ0v) is 11.0. The zero-order valence-electron chi connectivity index (χ0n) is 7.83. The molecule has 0 aliphatic rings. The molecule has 0 aromatic heterocycles. The second kappa shape index (κ2) is 5.55. The summed E-state index contributed by atoms with van der Waals surface area (Å²) >= 11 is 6.33. The van der Waals surface area contributed by atoms with Crippen molar-refractivity contribution in [1.82, 2.24) is 0 Å². The molecule has 0 bridgehead atoms. The maximum atomic E-state index is 9.46. The van der Waals surface area contributed by atoms with Crippen molar-refractivity contribution >= 4 is 37.5 Å². The third-order valence-corrected chi connectivity index (χ3v) is 2.85. The third-order valence-electron chi connectivity index (χ3n) is 1.64. The van der Waals surface area contributed by atoms with Gasteiger partial charge in [-0.2, -0.15) is 10.5 Å². The monoisotopic (exact) mass is 341 g/mol. The molecule has 4 nitrogen and oxygen atoms in total. The first-order valence-electron chi connectivity index (χ1n) is 4.03. The van der Waals surface area contributed by atoms with E-state index in [0.717, 1.165) is 0 Å². The van der Waals surface area contributed by atoms with Crippen molar-refractivity contribution in [1.29, 1.82) is 10.5 Å². The topological polar surface area (TPSA) is 79.8 Å². The van der Waals surface area contributed by atoms with Crippen LogP contribution in [0.2, 0.25) is 0 Å². The summed E-state index contributed by atoms with van der Waals surface area (Å²) in [5.74, 6) is 0.0929. The molecule has 2 N–H and O–H groups in total. The molecule has 0 heterocycles. The van der Waals surface area contributed by atoms with Gasteiger partial charge in [-0.3, -0.25) is 0 Å². The fourth-order valence-corrected chi connectivity index (χ4v) is 2.08. The number of phenolic OH excluding ortho intramolecular Hbond substituents is 1. The zero-order chi connectivity index (χ0) is 12.1. The smallest absolute Gasteiger partial charge is 0.145 e. The van der Waals surface area contributed by atoms with Gasteiger partial charge in [0.15, 0.2) is 0 Å². The largest absolute Gasteiger partial charge is 0.506 e. The second-order valence-electron chi connectivity index (χ2n) is 2.71. The van der Waals surface area contributed by atoms with E-state index >= 15 is 0 Å². The SMILES string of the molecule is N#CC(C#N)=CNc1cc(Br)c(O)c(Br)c1. The summed E-state index contributed by atoms with van der Waals surface area (Å²) in [6.07, 6.45) is 1.30. The van der Waals surface area contributed by atoms with Crippen LogP contribution in [0.5, 0.6) is 5.75 Å². The minimum absolute atomic E-state index is 0.0275. The van der Waals surface area contributed by atoms with Crippen LogP contribution in [0.4, 0.5) is 5.69 Å². The van der Waals surface area contributed by atoms with E-state index < -0.39 is 0 Å². The van der Waals surface area contributed by atoms with Gasteiger partial charge < -0.3 is 10.4 Å². The van der Waals surface area contributed by atoms with Crippen LogP contribution >= 0.6 is 31.9 Å². The van der Waals surface area contributed by atoms with Gasteiger partial charge in [0.25, 0.3) is 0 Å². The Balaban J connectivity index is 2.98.